The SMILES string of the molecule is O=c1[nH]c(CNCc2ccc(Br)s2)nc2ccsc12. The minimum Gasteiger partial charge on any atom is -0.308 e. The van der Waals surface area contributed by atoms with Crippen molar-refractivity contribution < 1.29 is 0 Å². The van der Waals surface area contributed by atoms with Gasteiger partial charge in [0, 0.05) is 11.4 Å². The lowest BCUT2D eigenvalue weighted by Gasteiger charge is -2.02. The third kappa shape index (κ3) is 2.94. The van der Waals surface area contributed by atoms with Crippen LogP contribution >= 0.6 is 38.6 Å². The third-order valence-corrected chi connectivity index (χ3v) is 5.11. The van der Waals surface area contributed by atoms with E-state index in [2.05, 4.69) is 37.3 Å². The zero-order valence-electron chi connectivity index (χ0n) is 9.77. The topological polar surface area (TPSA) is 57.8 Å². The molecule has 0 atom stereocenters. The van der Waals surface area contributed by atoms with Crippen LogP contribution in [0.1, 0.15) is 10.7 Å². The smallest absolute Gasteiger partial charge is 0.268 e. The Morgan fingerprint density at radius 3 is 3.00 bits per heavy atom. The summed E-state index contributed by atoms with van der Waals surface area (Å²) in [6.45, 7) is 1.32. The molecule has 19 heavy (non-hydrogen) atoms. The molecule has 3 heterocycles. The van der Waals surface area contributed by atoms with E-state index in [4.69, 9.17) is 0 Å². The Kier molecular flexibility index (Phi) is 3.79. The predicted octanol–water partition coefficient (Wildman–Crippen LogP) is 3.10. The van der Waals surface area contributed by atoms with Gasteiger partial charge in [-0.1, -0.05) is 0 Å². The van der Waals surface area contributed by atoms with Crippen LogP contribution in [-0.4, -0.2) is 9.97 Å². The van der Waals surface area contributed by atoms with Crippen molar-refractivity contribution in [3.05, 3.63) is 48.4 Å². The van der Waals surface area contributed by atoms with E-state index in [1.807, 2.05) is 17.5 Å². The van der Waals surface area contributed by atoms with Crippen LogP contribution in [0.25, 0.3) is 10.2 Å². The van der Waals surface area contributed by atoms with Crippen molar-refractivity contribution in [2.75, 3.05) is 0 Å². The van der Waals surface area contributed by atoms with Crippen LogP contribution in [0.5, 0.6) is 0 Å². The summed E-state index contributed by atoms with van der Waals surface area (Å²) in [5, 5.41) is 5.16. The second-order valence-corrected chi connectivity index (χ2v) is 7.42. The maximum absolute atomic E-state index is 11.8. The molecule has 7 heteroatoms. The molecule has 0 aliphatic carbocycles. The largest absolute Gasteiger partial charge is 0.308 e. The number of nitrogens with one attached hydrogen (secondary N) is 2. The lowest BCUT2D eigenvalue weighted by molar-refractivity contribution is 0.669. The summed E-state index contributed by atoms with van der Waals surface area (Å²) in [6.07, 6.45) is 0. The molecule has 0 saturated carbocycles. The molecule has 98 valence electrons. The number of aromatic nitrogens is 2. The van der Waals surface area contributed by atoms with E-state index in [0.29, 0.717) is 17.1 Å². The van der Waals surface area contributed by atoms with Crippen LogP contribution in [0.4, 0.5) is 0 Å². The zero-order valence-corrected chi connectivity index (χ0v) is 13.0. The van der Waals surface area contributed by atoms with Gasteiger partial charge in [-0.3, -0.25) is 4.79 Å². The quantitative estimate of drug-likeness (QED) is 0.755. The van der Waals surface area contributed by atoms with Crippen molar-refractivity contribution in [2.24, 2.45) is 0 Å². The molecule has 0 bridgehead atoms. The number of rotatable bonds is 4. The lowest BCUT2D eigenvalue weighted by Crippen LogP contribution is -2.18. The molecule has 0 fully saturated rings. The van der Waals surface area contributed by atoms with E-state index in [1.165, 1.54) is 16.2 Å². The van der Waals surface area contributed by atoms with Crippen LogP contribution in [0, 0.1) is 0 Å². The van der Waals surface area contributed by atoms with Crippen LogP contribution in [0.15, 0.2) is 32.2 Å². The summed E-state index contributed by atoms with van der Waals surface area (Å²) >= 11 is 6.54. The van der Waals surface area contributed by atoms with Crippen LogP contribution in [-0.2, 0) is 13.1 Å². The van der Waals surface area contributed by atoms with Crippen molar-refractivity contribution in [1.82, 2.24) is 15.3 Å². The second-order valence-electron chi connectivity index (χ2n) is 3.96. The van der Waals surface area contributed by atoms with Gasteiger partial charge in [-0.25, -0.2) is 4.98 Å². The molecule has 3 aromatic heterocycles. The molecule has 0 radical (unpaired) electrons. The van der Waals surface area contributed by atoms with Gasteiger partial charge in [0.2, 0.25) is 0 Å². The van der Waals surface area contributed by atoms with Gasteiger partial charge in [-0.2, -0.15) is 0 Å². The highest BCUT2D eigenvalue weighted by atomic mass is 79.9. The van der Waals surface area contributed by atoms with Crippen molar-refractivity contribution in [3.8, 4) is 0 Å². The first kappa shape index (κ1) is 13.0. The van der Waals surface area contributed by atoms with Crippen molar-refractivity contribution in [3.63, 3.8) is 0 Å². The Morgan fingerprint density at radius 2 is 2.21 bits per heavy atom. The molecule has 0 aliphatic rings. The highest BCUT2D eigenvalue weighted by molar-refractivity contribution is 9.11. The Labute approximate surface area is 125 Å². The van der Waals surface area contributed by atoms with E-state index in [1.54, 1.807) is 11.3 Å². The number of aromatic amines is 1. The average molecular weight is 356 g/mol. The number of halogens is 1. The summed E-state index contributed by atoms with van der Waals surface area (Å²) in [6, 6.07) is 5.97. The Hall–Kier alpha value is -1.02. The molecule has 2 N–H and O–H groups in total. The van der Waals surface area contributed by atoms with Crippen molar-refractivity contribution in [2.45, 2.75) is 13.1 Å². The number of hydrogen-bond donors (Lipinski definition) is 2. The molecule has 0 aromatic carbocycles. The summed E-state index contributed by atoms with van der Waals surface area (Å²) in [5.41, 5.74) is 0.708. The highest BCUT2D eigenvalue weighted by Crippen LogP contribution is 2.21. The van der Waals surface area contributed by atoms with Crippen LogP contribution in [0.3, 0.4) is 0 Å². The number of H-pyrrole nitrogens is 1. The van der Waals surface area contributed by atoms with Gasteiger partial charge in [0.15, 0.2) is 0 Å². The summed E-state index contributed by atoms with van der Waals surface area (Å²) < 4.78 is 1.81. The first-order chi connectivity index (χ1) is 9.22. The molecular weight excluding hydrogens is 346 g/mol. The fraction of sp³-hybridized carbons (Fsp3) is 0.167. The van der Waals surface area contributed by atoms with Gasteiger partial charge in [-0.05, 0) is 39.5 Å². The molecule has 4 nitrogen and oxygen atoms in total. The molecular formula is C12H10BrN3OS2. The lowest BCUT2D eigenvalue weighted by atomic mass is 10.4. The van der Waals surface area contributed by atoms with Gasteiger partial charge in [0.1, 0.15) is 10.5 Å². The molecule has 0 saturated heterocycles. The van der Waals surface area contributed by atoms with E-state index in [9.17, 15) is 4.79 Å². The summed E-state index contributed by atoms with van der Waals surface area (Å²) in [7, 11) is 0. The maximum atomic E-state index is 11.8. The molecule has 3 rings (SSSR count). The van der Waals surface area contributed by atoms with Gasteiger partial charge in [-0.15, -0.1) is 22.7 Å². The molecule has 3 aromatic rings. The minimum atomic E-state index is -0.0596. The first-order valence-electron chi connectivity index (χ1n) is 5.64. The number of fused-ring (bicyclic) bond motifs is 1. The van der Waals surface area contributed by atoms with E-state index in [-0.39, 0.29) is 5.56 Å². The number of nitrogens with zero attached hydrogens (tertiary/aromatic N) is 1. The van der Waals surface area contributed by atoms with Gasteiger partial charge in [0.25, 0.3) is 5.56 Å². The number of thiophene rings is 2. The van der Waals surface area contributed by atoms with Crippen LogP contribution < -0.4 is 10.9 Å². The first-order valence-corrected chi connectivity index (χ1v) is 8.12. The standard InChI is InChI=1S/C12H10BrN3OS2/c13-9-2-1-7(19-9)5-14-6-10-15-8-3-4-18-11(8)12(17)16-10/h1-4,14H,5-6H2,(H,15,16,17). The average Bonchev–Trinajstić information content (AvgIpc) is 2.98. The summed E-state index contributed by atoms with van der Waals surface area (Å²) in [4.78, 5) is 20.2. The fourth-order valence-corrected chi connectivity index (χ4v) is 3.93. The normalized spacial score (nSPS) is 11.2. The number of hydrogen-bond acceptors (Lipinski definition) is 5. The highest BCUT2D eigenvalue weighted by Gasteiger charge is 2.05. The zero-order chi connectivity index (χ0) is 13.2. The van der Waals surface area contributed by atoms with E-state index in [0.717, 1.165) is 15.8 Å². The molecule has 0 unspecified atom stereocenters. The Morgan fingerprint density at radius 1 is 1.32 bits per heavy atom. The van der Waals surface area contributed by atoms with Gasteiger partial charge in [0.05, 0.1) is 15.8 Å². The van der Waals surface area contributed by atoms with Crippen molar-refractivity contribution in [1.29, 1.82) is 0 Å². The van der Waals surface area contributed by atoms with Gasteiger partial charge < -0.3 is 10.3 Å². The van der Waals surface area contributed by atoms with Gasteiger partial charge >= 0.3 is 0 Å². The minimum absolute atomic E-state index is 0.0596. The molecule has 0 spiro atoms. The van der Waals surface area contributed by atoms with E-state index >= 15 is 0 Å². The maximum Gasteiger partial charge on any atom is 0.268 e. The third-order valence-electron chi connectivity index (χ3n) is 2.58. The Balaban J connectivity index is 1.69. The van der Waals surface area contributed by atoms with Crippen molar-refractivity contribution >= 4 is 48.8 Å². The van der Waals surface area contributed by atoms with E-state index < -0.39 is 0 Å². The fourth-order valence-electron chi connectivity index (χ4n) is 1.76. The summed E-state index contributed by atoms with van der Waals surface area (Å²) in [5.74, 6) is 0.673. The van der Waals surface area contributed by atoms with Crippen LogP contribution in [0.2, 0.25) is 0 Å². The molecule has 0 amide bonds. The predicted molar refractivity (Wildman–Crippen MR) is 82.8 cm³/mol. The second kappa shape index (κ2) is 5.54. The Bertz CT molecular complexity index is 762. The molecule has 0 aliphatic heterocycles. The monoisotopic (exact) mass is 355 g/mol.